The lowest BCUT2D eigenvalue weighted by atomic mass is 10.1. The van der Waals surface area contributed by atoms with Gasteiger partial charge in [-0.1, -0.05) is 36.4 Å². The van der Waals surface area contributed by atoms with Crippen molar-refractivity contribution in [2.45, 2.75) is 27.3 Å². The first-order chi connectivity index (χ1) is 11.9. The molecule has 0 heterocycles. The number of nitrogens with zero attached hydrogens (tertiary/aromatic N) is 1. The summed E-state index contributed by atoms with van der Waals surface area (Å²) < 4.78 is 5.32. The van der Waals surface area contributed by atoms with E-state index in [4.69, 9.17) is 4.74 Å². The summed E-state index contributed by atoms with van der Waals surface area (Å²) in [5.74, 6) is 0.314. The standard InChI is InChI=1S/C20H24N2O3/c1-14-8-7-9-15(2)20(14)21-19(24)13-22(16(3)23)12-17-10-5-6-11-18(17)25-4/h5-11H,12-13H2,1-4H3,(H,21,24). The Morgan fingerprint density at radius 1 is 1.04 bits per heavy atom. The Bertz CT molecular complexity index is 751. The molecule has 25 heavy (non-hydrogen) atoms. The lowest BCUT2D eigenvalue weighted by molar-refractivity contribution is -0.133. The Hall–Kier alpha value is -2.82. The molecule has 0 radical (unpaired) electrons. The number of amides is 2. The fraction of sp³-hybridized carbons (Fsp3) is 0.300. The molecule has 2 aromatic carbocycles. The van der Waals surface area contributed by atoms with Gasteiger partial charge in [0.1, 0.15) is 12.3 Å². The molecule has 2 amide bonds. The van der Waals surface area contributed by atoms with Crippen molar-refractivity contribution in [3.05, 3.63) is 59.2 Å². The SMILES string of the molecule is COc1ccccc1CN(CC(=O)Nc1c(C)cccc1C)C(C)=O. The summed E-state index contributed by atoms with van der Waals surface area (Å²) >= 11 is 0. The number of benzene rings is 2. The third-order valence-electron chi connectivity index (χ3n) is 4.08. The summed E-state index contributed by atoms with van der Waals surface area (Å²) in [6.07, 6.45) is 0. The number of hydrogen-bond acceptors (Lipinski definition) is 3. The number of carbonyl (C=O) groups excluding carboxylic acids is 2. The molecule has 0 bridgehead atoms. The molecule has 132 valence electrons. The first-order valence-corrected chi connectivity index (χ1v) is 8.16. The summed E-state index contributed by atoms with van der Waals surface area (Å²) in [4.78, 5) is 25.9. The zero-order chi connectivity index (χ0) is 18.4. The predicted molar refractivity (Wildman–Crippen MR) is 98.6 cm³/mol. The van der Waals surface area contributed by atoms with Crippen molar-refractivity contribution in [2.24, 2.45) is 0 Å². The topological polar surface area (TPSA) is 58.6 Å². The number of ether oxygens (including phenoxy) is 1. The van der Waals surface area contributed by atoms with Crippen LogP contribution in [0.4, 0.5) is 5.69 Å². The summed E-state index contributed by atoms with van der Waals surface area (Å²) in [5, 5.41) is 2.91. The number of hydrogen-bond donors (Lipinski definition) is 1. The number of anilines is 1. The average Bonchev–Trinajstić information content (AvgIpc) is 2.58. The number of rotatable bonds is 6. The van der Waals surface area contributed by atoms with E-state index in [-0.39, 0.29) is 18.4 Å². The van der Waals surface area contributed by atoms with Crippen molar-refractivity contribution >= 4 is 17.5 Å². The molecule has 0 aliphatic carbocycles. The molecule has 5 nitrogen and oxygen atoms in total. The van der Waals surface area contributed by atoms with Crippen molar-refractivity contribution in [1.29, 1.82) is 0 Å². The maximum Gasteiger partial charge on any atom is 0.244 e. The smallest absolute Gasteiger partial charge is 0.244 e. The first-order valence-electron chi connectivity index (χ1n) is 8.16. The minimum atomic E-state index is -0.220. The van der Waals surface area contributed by atoms with Gasteiger partial charge in [-0.2, -0.15) is 0 Å². The van der Waals surface area contributed by atoms with Crippen molar-refractivity contribution < 1.29 is 14.3 Å². The minimum absolute atomic E-state index is 0.0127. The molecule has 0 saturated carbocycles. The quantitative estimate of drug-likeness (QED) is 0.878. The minimum Gasteiger partial charge on any atom is -0.496 e. The molecule has 0 aliphatic heterocycles. The van der Waals surface area contributed by atoms with Crippen LogP contribution in [0.3, 0.4) is 0 Å². The van der Waals surface area contributed by atoms with Gasteiger partial charge in [0, 0.05) is 24.7 Å². The zero-order valence-electron chi connectivity index (χ0n) is 15.1. The van der Waals surface area contributed by atoms with Crippen LogP contribution < -0.4 is 10.1 Å². The van der Waals surface area contributed by atoms with E-state index in [0.717, 1.165) is 22.4 Å². The van der Waals surface area contributed by atoms with E-state index < -0.39 is 0 Å². The summed E-state index contributed by atoms with van der Waals surface area (Å²) in [6.45, 7) is 5.66. The zero-order valence-corrected chi connectivity index (χ0v) is 15.1. The summed E-state index contributed by atoms with van der Waals surface area (Å²) in [5.41, 5.74) is 3.65. The highest BCUT2D eigenvalue weighted by Gasteiger charge is 2.17. The molecule has 0 saturated heterocycles. The van der Waals surface area contributed by atoms with E-state index in [9.17, 15) is 9.59 Å². The van der Waals surface area contributed by atoms with Crippen LogP contribution in [0.15, 0.2) is 42.5 Å². The van der Waals surface area contributed by atoms with E-state index in [0.29, 0.717) is 12.3 Å². The van der Waals surface area contributed by atoms with Crippen LogP contribution >= 0.6 is 0 Å². The fourth-order valence-electron chi connectivity index (χ4n) is 2.68. The molecule has 0 spiro atoms. The molecule has 1 N–H and O–H groups in total. The number of aryl methyl sites for hydroxylation is 2. The summed E-state index contributed by atoms with van der Waals surface area (Å²) in [7, 11) is 1.59. The van der Waals surface area contributed by atoms with Crippen LogP contribution in [0.1, 0.15) is 23.6 Å². The van der Waals surface area contributed by atoms with E-state index >= 15 is 0 Å². The number of para-hydroxylation sites is 2. The number of methoxy groups -OCH3 is 1. The molecular formula is C20H24N2O3. The Kier molecular flexibility index (Phi) is 6.17. The summed E-state index contributed by atoms with van der Waals surface area (Å²) in [6, 6.07) is 13.3. The highest BCUT2D eigenvalue weighted by molar-refractivity contribution is 5.95. The molecule has 0 aromatic heterocycles. The van der Waals surface area contributed by atoms with E-state index in [1.165, 1.54) is 11.8 Å². The second-order valence-corrected chi connectivity index (χ2v) is 6.00. The van der Waals surface area contributed by atoms with Gasteiger partial charge in [-0.25, -0.2) is 0 Å². The van der Waals surface area contributed by atoms with Gasteiger partial charge < -0.3 is 15.0 Å². The van der Waals surface area contributed by atoms with Crippen LogP contribution in [-0.4, -0.2) is 30.4 Å². The van der Waals surface area contributed by atoms with Gasteiger partial charge >= 0.3 is 0 Å². The Labute approximate surface area is 148 Å². The van der Waals surface area contributed by atoms with Crippen LogP contribution in [0, 0.1) is 13.8 Å². The van der Waals surface area contributed by atoms with Gasteiger partial charge in [-0.05, 0) is 31.0 Å². The fourth-order valence-corrected chi connectivity index (χ4v) is 2.68. The van der Waals surface area contributed by atoms with Crippen molar-refractivity contribution in [1.82, 2.24) is 4.90 Å². The molecule has 2 rings (SSSR count). The maximum atomic E-state index is 12.4. The Morgan fingerprint density at radius 3 is 2.28 bits per heavy atom. The van der Waals surface area contributed by atoms with Gasteiger partial charge in [0.25, 0.3) is 0 Å². The monoisotopic (exact) mass is 340 g/mol. The number of carbonyl (C=O) groups is 2. The highest BCUT2D eigenvalue weighted by Crippen LogP contribution is 2.21. The van der Waals surface area contributed by atoms with Gasteiger partial charge in [-0.15, -0.1) is 0 Å². The third kappa shape index (κ3) is 4.83. The maximum absolute atomic E-state index is 12.4. The average molecular weight is 340 g/mol. The Balaban J connectivity index is 2.11. The largest absolute Gasteiger partial charge is 0.496 e. The van der Waals surface area contributed by atoms with E-state index in [2.05, 4.69) is 5.32 Å². The van der Waals surface area contributed by atoms with Crippen LogP contribution in [0.25, 0.3) is 0 Å². The normalized spacial score (nSPS) is 10.2. The molecular weight excluding hydrogens is 316 g/mol. The highest BCUT2D eigenvalue weighted by atomic mass is 16.5. The lowest BCUT2D eigenvalue weighted by Crippen LogP contribution is -2.36. The number of nitrogens with one attached hydrogen (secondary N) is 1. The molecule has 0 unspecified atom stereocenters. The van der Waals surface area contributed by atoms with Gasteiger partial charge in [0.15, 0.2) is 0 Å². The van der Waals surface area contributed by atoms with Gasteiger partial charge in [0.2, 0.25) is 11.8 Å². The van der Waals surface area contributed by atoms with Crippen molar-refractivity contribution in [3.63, 3.8) is 0 Å². The second-order valence-electron chi connectivity index (χ2n) is 6.00. The van der Waals surface area contributed by atoms with Crippen LogP contribution in [0.5, 0.6) is 5.75 Å². The van der Waals surface area contributed by atoms with E-state index in [1.807, 2.05) is 56.3 Å². The van der Waals surface area contributed by atoms with E-state index in [1.54, 1.807) is 7.11 Å². The van der Waals surface area contributed by atoms with Crippen LogP contribution in [0.2, 0.25) is 0 Å². The predicted octanol–water partition coefficient (Wildman–Crippen LogP) is 3.30. The molecule has 5 heteroatoms. The second kappa shape index (κ2) is 8.33. The van der Waals surface area contributed by atoms with Crippen molar-refractivity contribution in [3.8, 4) is 5.75 Å². The lowest BCUT2D eigenvalue weighted by Gasteiger charge is -2.22. The Morgan fingerprint density at radius 2 is 1.68 bits per heavy atom. The van der Waals surface area contributed by atoms with Gasteiger partial charge in [0.05, 0.1) is 7.11 Å². The molecule has 0 aliphatic rings. The van der Waals surface area contributed by atoms with Crippen LogP contribution in [-0.2, 0) is 16.1 Å². The van der Waals surface area contributed by atoms with Gasteiger partial charge in [-0.3, -0.25) is 9.59 Å². The molecule has 0 fully saturated rings. The first kappa shape index (κ1) is 18.5. The van der Waals surface area contributed by atoms with Crippen molar-refractivity contribution in [2.75, 3.05) is 19.0 Å². The molecule has 0 atom stereocenters. The molecule has 2 aromatic rings. The third-order valence-corrected chi connectivity index (χ3v) is 4.08.